The van der Waals surface area contributed by atoms with Crippen LogP contribution in [0.5, 0.6) is 0 Å². The number of carbonyl (C=O) groups is 2. The maximum atomic E-state index is 13.0. The van der Waals surface area contributed by atoms with Gasteiger partial charge in [-0.2, -0.15) is 0 Å². The number of carbonyl (C=O) groups excluding carboxylic acids is 2. The molecule has 5 nitrogen and oxygen atoms in total. The minimum Gasteiger partial charge on any atom is -0.389 e. The standard InChI is InChI=1S/C24H30I2N2O3/c1-3-13-28(14-4-2)24(31)19-12-8-11-18(16-19)23(30)27-20(21(29)22(25)26)15-17-9-6-5-7-10-17/h5-12,16,20-22,29H,3-4,13-15H2,1-2H3,(H,27,30)/t20-,21?/m0/s1. The lowest BCUT2D eigenvalue weighted by Gasteiger charge is -2.26. The van der Waals surface area contributed by atoms with Crippen molar-refractivity contribution in [1.82, 2.24) is 10.2 Å². The predicted octanol–water partition coefficient (Wildman–Crippen LogP) is 4.85. The number of rotatable bonds is 11. The molecular weight excluding hydrogens is 618 g/mol. The Balaban J connectivity index is 2.19. The molecule has 168 valence electrons. The number of halogens is 2. The van der Waals surface area contributed by atoms with Gasteiger partial charge in [0.05, 0.1) is 14.1 Å². The molecule has 0 bridgehead atoms. The molecule has 2 N–H and O–H groups in total. The number of hydrogen-bond acceptors (Lipinski definition) is 3. The van der Waals surface area contributed by atoms with Gasteiger partial charge < -0.3 is 15.3 Å². The lowest BCUT2D eigenvalue weighted by atomic mass is 10.0. The third-order valence-corrected chi connectivity index (χ3v) is 6.40. The highest BCUT2D eigenvalue weighted by molar-refractivity contribution is 14.2. The smallest absolute Gasteiger partial charge is 0.253 e. The number of alkyl halides is 2. The van der Waals surface area contributed by atoms with Crippen LogP contribution in [0.1, 0.15) is 53.0 Å². The zero-order chi connectivity index (χ0) is 22.8. The summed E-state index contributed by atoms with van der Waals surface area (Å²) in [6, 6.07) is 16.2. The third kappa shape index (κ3) is 8.02. The molecule has 2 rings (SSSR count). The molecule has 0 aromatic heterocycles. The Morgan fingerprint density at radius 1 is 0.968 bits per heavy atom. The summed E-state index contributed by atoms with van der Waals surface area (Å²) in [5.74, 6) is -0.348. The van der Waals surface area contributed by atoms with E-state index in [4.69, 9.17) is 0 Å². The molecule has 0 fully saturated rings. The summed E-state index contributed by atoms with van der Waals surface area (Å²) in [6.07, 6.45) is 1.59. The summed E-state index contributed by atoms with van der Waals surface area (Å²) >= 11 is 4.32. The zero-order valence-corrected chi connectivity index (χ0v) is 22.2. The van der Waals surface area contributed by atoms with Gasteiger partial charge in [0, 0.05) is 24.2 Å². The predicted molar refractivity (Wildman–Crippen MR) is 142 cm³/mol. The van der Waals surface area contributed by atoms with E-state index >= 15 is 0 Å². The summed E-state index contributed by atoms with van der Waals surface area (Å²) in [5.41, 5.74) is 1.97. The summed E-state index contributed by atoms with van der Waals surface area (Å²) in [4.78, 5) is 27.8. The van der Waals surface area contributed by atoms with E-state index in [0.717, 1.165) is 18.4 Å². The van der Waals surface area contributed by atoms with E-state index in [9.17, 15) is 14.7 Å². The molecule has 7 heteroatoms. The number of aliphatic hydroxyl groups is 1. The van der Waals surface area contributed by atoms with E-state index in [2.05, 4.69) is 50.5 Å². The number of amides is 2. The number of benzene rings is 2. The Hall–Kier alpha value is -1.20. The van der Waals surface area contributed by atoms with Crippen molar-refractivity contribution in [2.75, 3.05) is 13.1 Å². The van der Waals surface area contributed by atoms with E-state index in [0.29, 0.717) is 30.6 Å². The highest BCUT2D eigenvalue weighted by atomic mass is 127. The molecule has 0 spiro atoms. The van der Waals surface area contributed by atoms with Crippen LogP contribution in [-0.4, -0.2) is 49.0 Å². The molecule has 0 radical (unpaired) electrons. The van der Waals surface area contributed by atoms with Gasteiger partial charge in [0.1, 0.15) is 0 Å². The van der Waals surface area contributed by atoms with Crippen LogP contribution in [0.15, 0.2) is 54.6 Å². The monoisotopic (exact) mass is 648 g/mol. The maximum Gasteiger partial charge on any atom is 0.253 e. The fourth-order valence-electron chi connectivity index (χ4n) is 3.38. The summed E-state index contributed by atoms with van der Waals surface area (Å²) in [6.45, 7) is 5.49. The van der Waals surface area contributed by atoms with Gasteiger partial charge >= 0.3 is 0 Å². The third-order valence-electron chi connectivity index (χ3n) is 4.93. The Kier molecular flexibility index (Phi) is 11.2. The quantitative estimate of drug-likeness (QED) is 0.271. The molecule has 0 aliphatic heterocycles. The van der Waals surface area contributed by atoms with Crippen molar-refractivity contribution in [3.63, 3.8) is 0 Å². The van der Waals surface area contributed by atoms with Crippen molar-refractivity contribution in [3.8, 4) is 0 Å². The van der Waals surface area contributed by atoms with Gasteiger partial charge in [-0.1, -0.05) is 95.4 Å². The first kappa shape index (κ1) is 26.1. The van der Waals surface area contributed by atoms with Gasteiger partial charge in [0.2, 0.25) is 0 Å². The van der Waals surface area contributed by atoms with Gasteiger partial charge in [0.25, 0.3) is 11.8 Å². The number of nitrogens with one attached hydrogen (secondary N) is 1. The Morgan fingerprint density at radius 3 is 2.16 bits per heavy atom. The van der Waals surface area contributed by atoms with Crippen LogP contribution in [0.25, 0.3) is 0 Å². The molecule has 0 aliphatic carbocycles. The van der Waals surface area contributed by atoms with Crippen molar-refractivity contribution in [3.05, 3.63) is 71.3 Å². The summed E-state index contributed by atoms with van der Waals surface area (Å²) in [7, 11) is 0. The second-order valence-corrected chi connectivity index (χ2v) is 12.5. The second kappa shape index (κ2) is 13.4. The van der Waals surface area contributed by atoms with Gasteiger partial charge in [-0.15, -0.1) is 0 Å². The normalized spacial score (nSPS) is 13.0. The van der Waals surface area contributed by atoms with E-state index in [1.54, 1.807) is 24.3 Å². The molecular formula is C24H30I2N2O3. The van der Waals surface area contributed by atoms with Crippen LogP contribution < -0.4 is 5.32 Å². The molecule has 0 saturated carbocycles. The molecule has 2 aromatic rings. The molecule has 1 unspecified atom stereocenters. The average Bonchev–Trinajstić information content (AvgIpc) is 2.78. The molecule has 2 atom stereocenters. The molecule has 0 aliphatic rings. The first-order chi connectivity index (χ1) is 14.9. The Bertz CT molecular complexity index is 840. The van der Waals surface area contributed by atoms with Gasteiger partial charge in [0.15, 0.2) is 0 Å². The first-order valence-electron chi connectivity index (χ1n) is 10.6. The minimum atomic E-state index is -0.709. The lowest BCUT2D eigenvalue weighted by Crippen LogP contribution is -2.47. The molecule has 31 heavy (non-hydrogen) atoms. The van der Waals surface area contributed by atoms with Gasteiger partial charge in [-0.25, -0.2) is 0 Å². The number of nitrogens with zero attached hydrogens (tertiary/aromatic N) is 1. The van der Waals surface area contributed by atoms with Crippen molar-refractivity contribution >= 4 is 57.0 Å². The fourth-order valence-corrected chi connectivity index (χ4v) is 4.39. The van der Waals surface area contributed by atoms with E-state index < -0.39 is 12.1 Å². The molecule has 0 saturated heterocycles. The van der Waals surface area contributed by atoms with Crippen LogP contribution in [-0.2, 0) is 6.42 Å². The summed E-state index contributed by atoms with van der Waals surface area (Å²) < 4.78 is -0.0613. The summed E-state index contributed by atoms with van der Waals surface area (Å²) in [5, 5.41) is 13.7. The van der Waals surface area contributed by atoms with Crippen molar-refractivity contribution in [2.45, 2.75) is 47.2 Å². The molecule has 0 heterocycles. The highest BCUT2D eigenvalue weighted by Gasteiger charge is 2.27. The van der Waals surface area contributed by atoms with Crippen LogP contribution in [0.3, 0.4) is 0 Å². The lowest BCUT2D eigenvalue weighted by molar-refractivity contribution is 0.0755. The van der Waals surface area contributed by atoms with Crippen LogP contribution >= 0.6 is 45.2 Å². The van der Waals surface area contributed by atoms with Crippen LogP contribution in [0, 0.1) is 0 Å². The van der Waals surface area contributed by atoms with E-state index in [1.807, 2.05) is 49.1 Å². The maximum absolute atomic E-state index is 13.0. The Morgan fingerprint density at radius 2 is 1.58 bits per heavy atom. The SMILES string of the molecule is CCCN(CCC)C(=O)c1cccc(C(=O)N[C@@H](Cc2ccccc2)C(O)C(I)I)c1. The molecule has 2 amide bonds. The van der Waals surface area contributed by atoms with Crippen molar-refractivity contribution in [1.29, 1.82) is 0 Å². The average molecular weight is 648 g/mol. The highest BCUT2D eigenvalue weighted by Crippen LogP contribution is 2.20. The first-order valence-corrected chi connectivity index (χ1v) is 13.1. The van der Waals surface area contributed by atoms with Crippen LogP contribution in [0.4, 0.5) is 0 Å². The Labute approximate surface area is 212 Å². The van der Waals surface area contributed by atoms with Crippen molar-refractivity contribution in [2.24, 2.45) is 0 Å². The fraction of sp³-hybridized carbons (Fsp3) is 0.417. The molecule has 2 aromatic carbocycles. The minimum absolute atomic E-state index is 0.0567. The van der Waals surface area contributed by atoms with Crippen LogP contribution in [0.2, 0.25) is 0 Å². The largest absolute Gasteiger partial charge is 0.389 e. The number of aliphatic hydroxyl groups excluding tert-OH is 1. The number of hydrogen-bond donors (Lipinski definition) is 2. The van der Waals surface area contributed by atoms with E-state index in [-0.39, 0.29) is 13.7 Å². The van der Waals surface area contributed by atoms with E-state index in [1.165, 1.54) is 0 Å². The topological polar surface area (TPSA) is 69.6 Å². The van der Waals surface area contributed by atoms with Crippen molar-refractivity contribution < 1.29 is 14.7 Å². The zero-order valence-electron chi connectivity index (χ0n) is 17.9. The second-order valence-electron chi connectivity index (χ2n) is 7.47. The van der Waals surface area contributed by atoms with Gasteiger partial charge in [-0.3, -0.25) is 9.59 Å². The van der Waals surface area contributed by atoms with Gasteiger partial charge in [-0.05, 0) is 43.0 Å².